The molecule has 6 atom stereocenters. The summed E-state index contributed by atoms with van der Waals surface area (Å²) in [4.78, 5) is 17.9. The fourth-order valence-corrected chi connectivity index (χ4v) is 6.51. The predicted molar refractivity (Wildman–Crippen MR) is 120 cm³/mol. The molecule has 2 aliphatic heterocycles. The molecule has 4 fully saturated rings. The number of nitrogens with one attached hydrogen (secondary N) is 4. The first-order chi connectivity index (χ1) is 15.1. The van der Waals surface area contributed by atoms with Crippen LogP contribution in [0.2, 0.25) is 0 Å². The van der Waals surface area contributed by atoms with Gasteiger partial charge < -0.3 is 16.0 Å². The molecule has 6 unspecified atom stereocenters. The molecule has 0 bridgehead atoms. The first kappa shape index (κ1) is 21.5. The Morgan fingerprint density at radius 1 is 1.13 bits per heavy atom. The number of amides is 1. The van der Waals surface area contributed by atoms with E-state index in [2.05, 4.69) is 33.2 Å². The van der Waals surface area contributed by atoms with Crippen molar-refractivity contribution < 1.29 is 9.18 Å². The van der Waals surface area contributed by atoms with E-state index in [-0.39, 0.29) is 17.9 Å². The molecule has 0 aromatic rings. The van der Waals surface area contributed by atoms with Gasteiger partial charge in [-0.25, -0.2) is 4.39 Å². The summed E-state index contributed by atoms with van der Waals surface area (Å²) >= 11 is 0. The molecule has 2 heterocycles. The maximum absolute atomic E-state index is 13.9. The predicted octanol–water partition coefficient (Wildman–Crippen LogP) is 2.56. The summed E-state index contributed by atoms with van der Waals surface area (Å²) < 4.78 is 13.9. The lowest BCUT2D eigenvalue weighted by Crippen LogP contribution is -2.50. The van der Waals surface area contributed by atoms with Crippen molar-refractivity contribution in [3.8, 4) is 0 Å². The normalized spacial score (nSPS) is 38.5. The molecule has 0 spiro atoms. The smallest absolute Gasteiger partial charge is 0.223 e. The Morgan fingerprint density at radius 3 is 2.55 bits per heavy atom. The van der Waals surface area contributed by atoms with Crippen LogP contribution in [-0.4, -0.2) is 49.9 Å². The monoisotopic (exact) mass is 433 g/mol. The lowest BCUT2D eigenvalue weighted by atomic mass is 9.66. The summed E-state index contributed by atoms with van der Waals surface area (Å²) in [6.45, 7) is 4.72. The second kappa shape index (κ2) is 9.24. The van der Waals surface area contributed by atoms with E-state index in [9.17, 15) is 9.18 Å². The van der Waals surface area contributed by atoms with E-state index in [0.717, 1.165) is 63.1 Å². The minimum absolute atomic E-state index is 0.0827. The molecular formula is C24H40FN5O. The molecule has 6 nitrogen and oxygen atoms in total. The number of nitrogens with zero attached hydrogens (tertiary/aromatic N) is 1. The lowest BCUT2D eigenvalue weighted by molar-refractivity contribution is -0.128. The lowest BCUT2D eigenvalue weighted by Gasteiger charge is -2.43. The fraction of sp³-hybridized carbons (Fsp3) is 0.917. The largest absolute Gasteiger partial charge is 0.356 e. The van der Waals surface area contributed by atoms with Crippen molar-refractivity contribution in [3.63, 3.8) is 0 Å². The fourth-order valence-electron chi connectivity index (χ4n) is 6.51. The quantitative estimate of drug-likeness (QED) is 0.466. The Morgan fingerprint density at radius 2 is 1.90 bits per heavy atom. The van der Waals surface area contributed by atoms with E-state index in [1.54, 1.807) is 0 Å². The van der Waals surface area contributed by atoms with Gasteiger partial charge >= 0.3 is 0 Å². The minimum Gasteiger partial charge on any atom is -0.356 e. The number of rotatable bonds is 7. The van der Waals surface area contributed by atoms with Crippen molar-refractivity contribution in [2.24, 2.45) is 40.5 Å². The summed E-state index contributed by atoms with van der Waals surface area (Å²) in [6.07, 6.45) is 8.80. The summed E-state index contributed by atoms with van der Waals surface area (Å²) in [6, 6.07) is 0.597. The molecule has 4 N–H and O–H groups in total. The second-order valence-corrected chi connectivity index (χ2v) is 10.9. The van der Waals surface area contributed by atoms with Crippen LogP contribution in [0.4, 0.5) is 4.39 Å². The van der Waals surface area contributed by atoms with Gasteiger partial charge in [0.1, 0.15) is 0 Å². The molecule has 1 saturated heterocycles. The third-order valence-electron chi connectivity index (χ3n) is 8.46. The van der Waals surface area contributed by atoms with Crippen LogP contribution in [0.5, 0.6) is 0 Å². The summed E-state index contributed by atoms with van der Waals surface area (Å²) in [5.74, 6) is 4.11. The molecule has 0 aromatic carbocycles. The Kier molecular flexibility index (Phi) is 6.40. The Balaban J connectivity index is 1.24. The summed E-state index contributed by atoms with van der Waals surface area (Å²) in [7, 11) is 0. The molecule has 1 amide bonds. The number of piperidine rings is 1. The average molecular weight is 434 g/mol. The average Bonchev–Trinajstić information content (AvgIpc) is 3.69. The zero-order chi connectivity index (χ0) is 21.4. The molecule has 5 rings (SSSR count). The van der Waals surface area contributed by atoms with Crippen molar-refractivity contribution in [2.45, 2.75) is 83.1 Å². The van der Waals surface area contributed by atoms with Crippen molar-refractivity contribution in [2.75, 3.05) is 19.6 Å². The van der Waals surface area contributed by atoms with Crippen LogP contribution in [0.3, 0.4) is 0 Å². The number of halogens is 1. The summed E-state index contributed by atoms with van der Waals surface area (Å²) in [5.41, 5.74) is 0. The highest BCUT2D eigenvalue weighted by molar-refractivity contribution is 5.81. The van der Waals surface area contributed by atoms with Crippen LogP contribution in [0.25, 0.3) is 0 Å². The van der Waals surface area contributed by atoms with Crippen molar-refractivity contribution in [1.82, 2.24) is 21.3 Å². The third-order valence-corrected chi connectivity index (χ3v) is 8.46. The van der Waals surface area contributed by atoms with E-state index in [1.807, 2.05) is 0 Å². The van der Waals surface area contributed by atoms with Gasteiger partial charge in [-0.15, -0.1) is 0 Å². The third kappa shape index (κ3) is 5.35. The Labute approximate surface area is 186 Å². The molecule has 3 saturated carbocycles. The number of aliphatic imine (C=N–C) groups is 1. The molecule has 31 heavy (non-hydrogen) atoms. The molecule has 0 aromatic heterocycles. The second-order valence-electron chi connectivity index (χ2n) is 10.9. The standard InChI is InChI=1S/C24H40FN5O/c1-14-20(6-7-21(25)29-14)18-10-15(13-28-24-26-8-9-27-24)11-19(12-18)23(31)30-22(16-2-3-16)17-4-5-17/h14-22,29H,2-13H2,1H3,(H,30,31)(H2,26,27,28). The van der Waals surface area contributed by atoms with E-state index in [1.165, 1.54) is 25.7 Å². The number of alkyl halides is 1. The van der Waals surface area contributed by atoms with E-state index < -0.39 is 6.30 Å². The van der Waals surface area contributed by atoms with E-state index in [0.29, 0.717) is 30.2 Å². The molecule has 174 valence electrons. The van der Waals surface area contributed by atoms with Gasteiger partial charge in [-0.3, -0.25) is 15.1 Å². The van der Waals surface area contributed by atoms with E-state index >= 15 is 0 Å². The minimum atomic E-state index is -0.879. The maximum Gasteiger partial charge on any atom is 0.223 e. The number of hydrogen-bond donors (Lipinski definition) is 4. The van der Waals surface area contributed by atoms with Gasteiger partial charge in [-0.2, -0.15) is 0 Å². The Hall–Kier alpha value is -1.37. The first-order valence-electron chi connectivity index (χ1n) is 12.8. The van der Waals surface area contributed by atoms with Gasteiger partial charge in [0.15, 0.2) is 12.3 Å². The van der Waals surface area contributed by atoms with Crippen LogP contribution in [-0.2, 0) is 4.79 Å². The first-order valence-corrected chi connectivity index (χ1v) is 12.8. The molecule has 7 heteroatoms. The number of guanidine groups is 1. The summed E-state index contributed by atoms with van der Waals surface area (Å²) in [5, 5.41) is 13.4. The van der Waals surface area contributed by atoms with Crippen molar-refractivity contribution in [1.29, 1.82) is 0 Å². The van der Waals surface area contributed by atoms with Gasteiger partial charge in [0.05, 0.1) is 6.54 Å². The van der Waals surface area contributed by atoms with Gasteiger partial charge in [0, 0.05) is 31.1 Å². The van der Waals surface area contributed by atoms with Gasteiger partial charge in [-0.1, -0.05) is 0 Å². The van der Waals surface area contributed by atoms with Gasteiger partial charge in [-0.05, 0) is 94.3 Å². The van der Waals surface area contributed by atoms with Crippen molar-refractivity contribution in [3.05, 3.63) is 0 Å². The topological polar surface area (TPSA) is 77.6 Å². The highest BCUT2D eigenvalue weighted by atomic mass is 19.1. The van der Waals surface area contributed by atoms with Crippen LogP contribution in [0, 0.1) is 35.5 Å². The molecule has 0 radical (unpaired) electrons. The SMILES string of the molecule is CC1NC(F)CCC1C1CC(CNC2=NCCN2)CC(C(=O)NC(C2CC2)C2CC2)C1. The zero-order valence-electron chi connectivity index (χ0n) is 18.9. The van der Waals surface area contributed by atoms with Crippen LogP contribution < -0.4 is 21.3 Å². The highest BCUT2D eigenvalue weighted by Gasteiger charge is 2.45. The molecule has 5 aliphatic rings. The highest BCUT2D eigenvalue weighted by Crippen LogP contribution is 2.46. The Bertz CT molecular complexity index is 667. The maximum atomic E-state index is 13.9. The number of hydrogen-bond acceptors (Lipinski definition) is 5. The molecule has 3 aliphatic carbocycles. The van der Waals surface area contributed by atoms with Gasteiger partial charge in [0.25, 0.3) is 0 Å². The van der Waals surface area contributed by atoms with Crippen LogP contribution in [0.15, 0.2) is 4.99 Å². The zero-order valence-corrected chi connectivity index (χ0v) is 18.9. The van der Waals surface area contributed by atoms with Crippen LogP contribution in [0.1, 0.15) is 64.7 Å². The van der Waals surface area contributed by atoms with Crippen LogP contribution >= 0.6 is 0 Å². The van der Waals surface area contributed by atoms with E-state index in [4.69, 9.17) is 0 Å². The number of carbonyl (C=O) groups is 1. The number of carbonyl (C=O) groups excluding carboxylic acids is 1. The van der Waals surface area contributed by atoms with Crippen molar-refractivity contribution >= 4 is 11.9 Å². The van der Waals surface area contributed by atoms with Gasteiger partial charge in [0.2, 0.25) is 5.91 Å². The molecular weight excluding hydrogens is 393 g/mol.